The standard InChI is InChI=1S/C26H31N3O4S/c1-15(2)14-29-21(22(26(3,4)5)28-25(32)33)20(16-9-7-6-8-10-16)19-13-17(24(31)34-27)11-12-18(19)23(29)30/h6-13,15,22,28H,14,27H2,1-5H3,(H,32,33). The molecule has 1 amide bonds. The van der Waals surface area contributed by atoms with Crippen LogP contribution in [0.5, 0.6) is 0 Å². The lowest BCUT2D eigenvalue weighted by Crippen LogP contribution is -2.40. The molecule has 0 saturated heterocycles. The number of benzene rings is 2. The Morgan fingerprint density at radius 2 is 1.74 bits per heavy atom. The number of nitrogens with two attached hydrogens (primary N) is 1. The van der Waals surface area contributed by atoms with Gasteiger partial charge in [0.05, 0.1) is 11.7 Å². The van der Waals surface area contributed by atoms with Gasteiger partial charge < -0.3 is 15.0 Å². The zero-order chi connectivity index (χ0) is 25.2. The fourth-order valence-corrected chi connectivity index (χ4v) is 4.50. The molecule has 3 rings (SSSR count). The van der Waals surface area contributed by atoms with Crippen LogP contribution in [-0.4, -0.2) is 20.9 Å². The van der Waals surface area contributed by atoms with Gasteiger partial charge in [0.1, 0.15) is 0 Å². The van der Waals surface area contributed by atoms with Gasteiger partial charge in [0.2, 0.25) is 5.12 Å². The molecular weight excluding hydrogens is 450 g/mol. The average Bonchev–Trinajstić information content (AvgIpc) is 2.78. The lowest BCUT2D eigenvalue weighted by Gasteiger charge is -2.35. The third kappa shape index (κ3) is 5.18. The molecule has 34 heavy (non-hydrogen) atoms. The number of aromatic nitrogens is 1. The maximum Gasteiger partial charge on any atom is 0.405 e. The molecule has 1 unspecified atom stereocenters. The number of hydrogen-bond donors (Lipinski definition) is 3. The second kappa shape index (κ2) is 10.0. The van der Waals surface area contributed by atoms with Crippen LogP contribution in [0.2, 0.25) is 0 Å². The fraction of sp³-hybridized carbons (Fsp3) is 0.346. The monoisotopic (exact) mass is 481 g/mol. The summed E-state index contributed by atoms with van der Waals surface area (Å²) in [5.74, 6) is 0.137. The second-order valence-corrected chi connectivity index (χ2v) is 10.5. The number of rotatable bonds is 6. The molecule has 1 heterocycles. The summed E-state index contributed by atoms with van der Waals surface area (Å²) >= 11 is 0.615. The highest BCUT2D eigenvalue weighted by molar-refractivity contribution is 8.12. The van der Waals surface area contributed by atoms with Crippen molar-refractivity contribution in [2.75, 3.05) is 0 Å². The summed E-state index contributed by atoms with van der Waals surface area (Å²) in [6, 6.07) is 13.8. The maximum absolute atomic E-state index is 13.8. The smallest absolute Gasteiger partial charge is 0.405 e. The Bertz CT molecular complexity index is 1280. The van der Waals surface area contributed by atoms with Crippen molar-refractivity contribution >= 4 is 33.9 Å². The van der Waals surface area contributed by atoms with Crippen LogP contribution < -0.4 is 16.0 Å². The summed E-state index contributed by atoms with van der Waals surface area (Å²) in [5.41, 5.74) is 1.73. The molecule has 1 aromatic heterocycles. The summed E-state index contributed by atoms with van der Waals surface area (Å²) < 4.78 is 1.69. The van der Waals surface area contributed by atoms with Crippen molar-refractivity contribution < 1.29 is 14.7 Å². The van der Waals surface area contributed by atoms with Crippen molar-refractivity contribution in [2.45, 2.75) is 47.2 Å². The van der Waals surface area contributed by atoms with E-state index < -0.39 is 17.6 Å². The minimum absolute atomic E-state index is 0.137. The first-order chi connectivity index (χ1) is 16.0. The molecule has 3 aromatic rings. The third-order valence-electron chi connectivity index (χ3n) is 5.67. The Labute approximate surface area is 203 Å². The molecule has 0 spiro atoms. The molecule has 0 radical (unpaired) electrons. The lowest BCUT2D eigenvalue weighted by atomic mass is 9.80. The van der Waals surface area contributed by atoms with E-state index in [0.29, 0.717) is 40.5 Å². The second-order valence-electron chi connectivity index (χ2n) is 9.85. The molecule has 0 fully saturated rings. The van der Waals surface area contributed by atoms with Gasteiger partial charge in [-0.15, -0.1) is 0 Å². The Morgan fingerprint density at radius 3 is 2.26 bits per heavy atom. The van der Waals surface area contributed by atoms with E-state index in [9.17, 15) is 19.5 Å². The number of nitrogens with one attached hydrogen (secondary N) is 1. The van der Waals surface area contributed by atoms with Gasteiger partial charge in [-0.3, -0.25) is 14.7 Å². The van der Waals surface area contributed by atoms with Crippen LogP contribution in [0.1, 0.15) is 56.7 Å². The van der Waals surface area contributed by atoms with Crippen molar-refractivity contribution in [3.05, 3.63) is 70.1 Å². The van der Waals surface area contributed by atoms with E-state index in [-0.39, 0.29) is 16.6 Å². The van der Waals surface area contributed by atoms with Gasteiger partial charge in [-0.2, -0.15) is 0 Å². The van der Waals surface area contributed by atoms with Crippen LogP contribution in [0.25, 0.3) is 21.9 Å². The Balaban J connectivity index is 2.60. The average molecular weight is 482 g/mol. The van der Waals surface area contributed by atoms with Crippen LogP contribution in [-0.2, 0) is 6.54 Å². The molecule has 7 nitrogen and oxygen atoms in total. The molecule has 0 aliphatic carbocycles. The predicted molar refractivity (Wildman–Crippen MR) is 138 cm³/mol. The number of carbonyl (C=O) groups is 2. The molecule has 1 atom stereocenters. The van der Waals surface area contributed by atoms with Gasteiger partial charge in [-0.25, -0.2) is 4.79 Å². The van der Waals surface area contributed by atoms with Crippen molar-refractivity contribution in [1.29, 1.82) is 0 Å². The van der Waals surface area contributed by atoms with Crippen LogP contribution in [0.4, 0.5) is 4.79 Å². The summed E-state index contributed by atoms with van der Waals surface area (Å²) in [7, 11) is 0. The number of carboxylic acid groups (broad SMARTS) is 1. The Hall–Kier alpha value is -3.10. The van der Waals surface area contributed by atoms with E-state index in [4.69, 9.17) is 5.14 Å². The minimum atomic E-state index is -1.17. The first-order valence-corrected chi connectivity index (χ1v) is 12.0. The maximum atomic E-state index is 13.8. The number of nitrogens with zero attached hydrogens (tertiary/aromatic N) is 1. The van der Waals surface area contributed by atoms with Gasteiger partial charge in [0.15, 0.2) is 0 Å². The normalized spacial score (nSPS) is 12.7. The fourth-order valence-electron chi connectivity index (χ4n) is 4.23. The van der Waals surface area contributed by atoms with Gasteiger partial charge in [-0.1, -0.05) is 65.0 Å². The summed E-state index contributed by atoms with van der Waals surface area (Å²) in [6.07, 6.45) is -1.17. The Kier molecular flexibility index (Phi) is 7.53. The quantitative estimate of drug-likeness (QED) is 0.405. The molecule has 0 saturated carbocycles. The van der Waals surface area contributed by atoms with Crippen LogP contribution >= 0.6 is 11.9 Å². The van der Waals surface area contributed by atoms with Gasteiger partial charge >= 0.3 is 6.09 Å². The first-order valence-electron chi connectivity index (χ1n) is 11.1. The molecule has 180 valence electrons. The van der Waals surface area contributed by atoms with E-state index in [0.717, 1.165) is 11.1 Å². The van der Waals surface area contributed by atoms with E-state index in [1.165, 1.54) is 0 Å². The van der Waals surface area contributed by atoms with E-state index in [1.807, 2.05) is 65.0 Å². The highest BCUT2D eigenvalue weighted by Gasteiger charge is 2.34. The number of fused-ring (bicyclic) bond motifs is 1. The molecule has 0 bridgehead atoms. The van der Waals surface area contributed by atoms with Crippen molar-refractivity contribution in [1.82, 2.24) is 9.88 Å². The predicted octanol–water partition coefficient (Wildman–Crippen LogP) is 5.43. The zero-order valence-electron chi connectivity index (χ0n) is 20.1. The SMILES string of the molecule is CC(C)Cn1c(C(NC(=O)O)C(C)(C)C)c(-c2ccccc2)c2cc(C(=O)SN)ccc2c1=O. The number of amides is 1. The molecule has 0 aliphatic heterocycles. The third-order valence-corrected chi connectivity index (χ3v) is 6.12. The molecule has 8 heteroatoms. The lowest BCUT2D eigenvalue weighted by molar-refractivity contribution is 0.108. The highest BCUT2D eigenvalue weighted by Crippen LogP contribution is 2.41. The number of hydrogen-bond acceptors (Lipinski definition) is 5. The topological polar surface area (TPSA) is 114 Å². The summed E-state index contributed by atoms with van der Waals surface area (Å²) in [6.45, 7) is 10.2. The van der Waals surface area contributed by atoms with Crippen molar-refractivity contribution in [2.24, 2.45) is 16.5 Å². The van der Waals surface area contributed by atoms with Gasteiger partial charge in [0, 0.05) is 23.1 Å². The highest BCUT2D eigenvalue weighted by atomic mass is 32.2. The van der Waals surface area contributed by atoms with Gasteiger partial charge in [0.25, 0.3) is 5.56 Å². The van der Waals surface area contributed by atoms with Crippen molar-refractivity contribution in [3.8, 4) is 11.1 Å². The van der Waals surface area contributed by atoms with E-state index in [1.54, 1.807) is 22.8 Å². The number of pyridine rings is 1. The van der Waals surface area contributed by atoms with Gasteiger partial charge in [-0.05, 0) is 52.4 Å². The molecular formula is C26H31N3O4S. The number of carbonyl (C=O) groups excluding carboxylic acids is 1. The first kappa shape index (κ1) is 25.5. The molecule has 0 aliphatic rings. The van der Waals surface area contributed by atoms with Crippen LogP contribution in [0.15, 0.2) is 53.3 Å². The largest absolute Gasteiger partial charge is 0.465 e. The van der Waals surface area contributed by atoms with E-state index >= 15 is 0 Å². The minimum Gasteiger partial charge on any atom is -0.465 e. The molecule has 4 N–H and O–H groups in total. The molecule has 2 aromatic carbocycles. The Morgan fingerprint density at radius 1 is 1.09 bits per heavy atom. The summed E-state index contributed by atoms with van der Waals surface area (Å²) in [5, 5.41) is 18.6. The summed E-state index contributed by atoms with van der Waals surface area (Å²) in [4.78, 5) is 38.1. The van der Waals surface area contributed by atoms with Crippen molar-refractivity contribution in [3.63, 3.8) is 0 Å². The van der Waals surface area contributed by atoms with E-state index in [2.05, 4.69) is 5.32 Å². The van der Waals surface area contributed by atoms with Crippen LogP contribution in [0, 0.1) is 11.3 Å². The van der Waals surface area contributed by atoms with Crippen LogP contribution in [0.3, 0.4) is 0 Å². The zero-order valence-corrected chi connectivity index (χ0v) is 20.9.